The number of carboxylic acids is 1. The first-order valence-corrected chi connectivity index (χ1v) is 13.0. The van der Waals surface area contributed by atoms with Gasteiger partial charge in [0, 0.05) is 29.3 Å². The highest BCUT2D eigenvalue weighted by Gasteiger charge is 2.29. The second kappa shape index (κ2) is 12.4. The number of benzene rings is 3. The van der Waals surface area contributed by atoms with Gasteiger partial charge in [-0.3, -0.25) is 4.79 Å². The number of allylic oxidation sites excluding steroid dienone is 1. The van der Waals surface area contributed by atoms with Crippen molar-refractivity contribution in [1.29, 1.82) is 0 Å². The molecule has 1 heterocycles. The zero-order valence-electron chi connectivity index (χ0n) is 22.9. The van der Waals surface area contributed by atoms with E-state index in [4.69, 9.17) is 14.6 Å². The van der Waals surface area contributed by atoms with E-state index in [9.17, 15) is 22.8 Å². The van der Waals surface area contributed by atoms with Crippen LogP contribution < -0.4 is 4.74 Å². The number of aliphatic carboxylic acids is 1. The summed E-state index contributed by atoms with van der Waals surface area (Å²) in [4.78, 5) is 24.5. The number of nitrogens with zero attached hydrogens (tertiary/aromatic N) is 1. The average molecular weight is 566 g/mol. The van der Waals surface area contributed by atoms with Crippen molar-refractivity contribution >= 4 is 28.7 Å². The Bertz CT molecular complexity index is 1570. The summed E-state index contributed by atoms with van der Waals surface area (Å²) in [6.07, 6.45) is -1.59. The number of carbonyl (C=O) groups excluding carboxylic acids is 1. The summed E-state index contributed by atoms with van der Waals surface area (Å²) in [5, 5.41) is 9.57. The summed E-state index contributed by atoms with van der Waals surface area (Å²) in [6.45, 7) is 4.33. The Hall–Kier alpha value is -4.37. The molecule has 9 heteroatoms. The van der Waals surface area contributed by atoms with Crippen molar-refractivity contribution in [3.63, 3.8) is 0 Å². The van der Waals surface area contributed by atoms with Crippen molar-refractivity contribution in [3.8, 4) is 5.75 Å². The van der Waals surface area contributed by atoms with Crippen LogP contribution in [0.1, 0.15) is 45.2 Å². The zero-order valence-corrected chi connectivity index (χ0v) is 22.9. The van der Waals surface area contributed by atoms with Crippen LogP contribution in [0.2, 0.25) is 0 Å². The van der Waals surface area contributed by atoms with Gasteiger partial charge in [-0.15, -0.1) is 0 Å². The molecule has 4 rings (SSSR count). The smallest absolute Gasteiger partial charge is 0.422 e. The van der Waals surface area contributed by atoms with Gasteiger partial charge in [0.2, 0.25) is 0 Å². The minimum absolute atomic E-state index is 0.0573. The SMILES string of the molecule is Cc1ccc(C(=O)c2c(C)n(CC=Cc3ccc(CO[C@H](C)C(=O)O)cc3)c3cc(OCC(F)(F)F)ccc23)cc1. The fourth-order valence-corrected chi connectivity index (χ4v) is 4.39. The second-order valence-electron chi connectivity index (χ2n) is 9.78. The Morgan fingerprint density at radius 2 is 1.68 bits per heavy atom. The maximum atomic E-state index is 13.6. The number of aryl methyl sites for hydroxylation is 1. The number of carboxylic acid groups (broad SMARTS) is 1. The maximum Gasteiger partial charge on any atom is 0.422 e. The van der Waals surface area contributed by atoms with E-state index in [0.717, 1.165) is 16.7 Å². The molecule has 0 spiro atoms. The lowest BCUT2D eigenvalue weighted by Crippen LogP contribution is -2.19. The number of hydrogen-bond donors (Lipinski definition) is 1. The molecule has 0 saturated heterocycles. The van der Waals surface area contributed by atoms with E-state index in [1.165, 1.54) is 19.1 Å². The molecule has 1 N–H and O–H groups in total. The third kappa shape index (κ3) is 7.43. The van der Waals surface area contributed by atoms with Crippen molar-refractivity contribution < 1.29 is 37.3 Å². The number of hydrogen-bond acceptors (Lipinski definition) is 4. The van der Waals surface area contributed by atoms with Crippen molar-refractivity contribution in [2.45, 2.75) is 46.2 Å². The predicted molar refractivity (Wildman–Crippen MR) is 150 cm³/mol. The number of halogens is 3. The number of ketones is 1. The quantitative estimate of drug-likeness (QED) is 0.196. The molecule has 0 bridgehead atoms. The van der Waals surface area contributed by atoms with Crippen LogP contribution in [0, 0.1) is 13.8 Å². The molecular weight excluding hydrogens is 535 g/mol. The Balaban J connectivity index is 1.62. The summed E-state index contributed by atoms with van der Waals surface area (Å²) in [6, 6.07) is 19.3. The Labute approximate surface area is 235 Å². The summed E-state index contributed by atoms with van der Waals surface area (Å²) < 4.78 is 50.5. The molecule has 4 aromatic rings. The molecule has 0 aliphatic carbocycles. The molecular formula is C32H30F3NO5. The van der Waals surface area contributed by atoms with Crippen LogP contribution in [-0.2, 0) is 22.7 Å². The molecule has 0 amide bonds. The highest BCUT2D eigenvalue weighted by atomic mass is 19.4. The third-order valence-corrected chi connectivity index (χ3v) is 6.67. The minimum Gasteiger partial charge on any atom is -0.484 e. The lowest BCUT2D eigenvalue weighted by molar-refractivity contribution is -0.153. The molecule has 0 saturated carbocycles. The summed E-state index contributed by atoms with van der Waals surface area (Å²) in [5.41, 5.74) is 5.01. The maximum absolute atomic E-state index is 13.6. The Morgan fingerprint density at radius 3 is 2.32 bits per heavy atom. The van der Waals surface area contributed by atoms with E-state index in [2.05, 4.69) is 0 Å². The molecule has 0 aliphatic heterocycles. The van der Waals surface area contributed by atoms with Crippen LogP contribution in [0.3, 0.4) is 0 Å². The van der Waals surface area contributed by atoms with Crippen molar-refractivity contribution in [3.05, 3.63) is 106 Å². The van der Waals surface area contributed by atoms with Gasteiger partial charge < -0.3 is 19.1 Å². The van der Waals surface area contributed by atoms with Gasteiger partial charge in [-0.25, -0.2) is 4.79 Å². The van der Waals surface area contributed by atoms with E-state index in [1.807, 2.05) is 67.0 Å². The molecule has 1 atom stereocenters. The first-order valence-electron chi connectivity index (χ1n) is 13.0. The second-order valence-corrected chi connectivity index (χ2v) is 9.78. The average Bonchev–Trinajstić information content (AvgIpc) is 3.21. The molecule has 0 fully saturated rings. The topological polar surface area (TPSA) is 77.8 Å². The monoisotopic (exact) mass is 565 g/mol. The molecule has 6 nitrogen and oxygen atoms in total. The first kappa shape index (κ1) is 29.6. The fraction of sp³-hybridized carbons (Fsp3) is 0.250. The lowest BCUT2D eigenvalue weighted by Gasteiger charge is -2.10. The van der Waals surface area contributed by atoms with Crippen molar-refractivity contribution in [1.82, 2.24) is 4.57 Å². The van der Waals surface area contributed by atoms with E-state index in [0.29, 0.717) is 34.3 Å². The Morgan fingerprint density at radius 1 is 1.00 bits per heavy atom. The molecule has 0 unspecified atom stereocenters. The van der Waals surface area contributed by atoms with Gasteiger partial charge in [-0.2, -0.15) is 13.2 Å². The molecule has 214 valence electrons. The Kier molecular flexibility index (Phi) is 8.98. The zero-order chi connectivity index (χ0) is 29.7. The molecule has 3 aromatic carbocycles. The third-order valence-electron chi connectivity index (χ3n) is 6.67. The first-order chi connectivity index (χ1) is 19.4. The van der Waals surface area contributed by atoms with Crippen LogP contribution in [0.5, 0.6) is 5.75 Å². The van der Waals surface area contributed by atoms with Crippen LogP contribution in [0.4, 0.5) is 13.2 Å². The van der Waals surface area contributed by atoms with Crippen LogP contribution in [0.15, 0.2) is 72.8 Å². The number of carbonyl (C=O) groups is 2. The van der Waals surface area contributed by atoms with Gasteiger partial charge in [0.15, 0.2) is 18.5 Å². The van der Waals surface area contributed by atoms with Gasteiger partial charge in [-0.1, -0.05) is 66.2 Å². The van der Waals surface area contributed by atoms with E-state index in [-0.39, 0.29) is 18.1 Å². The number of ether oxygens (including phenoxy) is 2. The fourth-order valence-electron chi connectivity index (χ4n) is 4.39. The van der Waals surface area contributed by atoms with Gasteiger partial charge >= 0.3 is 12.1 Å². The van der Waals surface area contributed by atoms with E-state index >= 15 is 0 Å². The van der Waals surface area contributed by atoms with E-state index < -0.39 is 24.9 Å². The number of fused-ring (bicyclic) bond motifs is 1. The highest BCUT2D eigenvalue weighted by molar-refractivity contribution is 6.17. The van der Waals surface area contributed by atoms with Gasteiger partial charge in [0.05, 0.1) is 17.7 Å². The predicted octanol–water partition coefficient (Wildman–Crippen LogP) is 7.13. The highest BCUT2D eigenvalue weighted by Crippen LogP contribution is 2.32. The molecule has 0 aliphatic rings. The molecule has 0 radical (unpaired) electrons. The summed E-state index contributed by atoms with van der Waals surface area (Å²) in [7, 11) is 0. The van der Waals surface area contributed by atoms with Crippen molar-refractivity contribution in [2.75, 3.05) is 6.61 Å². The lowest BCUT2D eigenvalue weighted by atomic mass is 9.99. The molecule has 41 heavy (non-hydrogen) atoms. The van der Waals surface area contributed by atoms with Gasteiger partial charge in [0.1, 0.15) is 5.75 Å². The summed E-state index contributed by atoms with van der Waals surface area (Å²) in [5.74, 6) is -1.14. The minimum atomic E-state index is -4.47. The van der Waals surface area contributed by atoms with Gasteiger partial charge in [0.25, 0.3) is 0 Å². The molecule has 1 aromatic heterocycles. The largest absolute Gasteiger partial charge is 0.484 e. The standard InChI is InChI=1S/C32H30F3NO5/c1-20-6-12-25(13-7-20)30(37)29-21(2)36(28-17-26(14-15-27(28)29)41-19-32(33,34)35)16-4-5-23-8-10-24(11-9-23)18-40-22(3)31(38)39/h4-15,17,22H,16,18-19H2,1-3H3,(H,38,39)/t22-/m1/s1. The number of aromatic nitrogens is 1. The number of rotatable bonds is 11. The van der Waals surface area contributed by atoms with E-state index in [1.54, 1.807) is 18.2 Å². The van der Waals surface area contributed by atoms with Crippen molar-refractivity contribution in [2.24, 2.45) is 0 Å². The van der Waals surface area contributed by atoms with Gasteiger partial charge in [-0.05, 0) is 44.0 Å². The van der Waals surface area contributed by atoms with Crippen LogP contribution in [0.25, 0.3) is 17.0 Å². The van der Waals surface area contributed by atoms with Crippen LogP contribution in [-0.4, -0.2) is 40.3 Å². The number of alkyl halides is 3. The normalized spacial score (nSPS) is 12.6. The summed E-state index contributed by atoms with van der Waals surface area (Å²) >= 11 is 0. The van der Waals surface area contributed by atoms with Crippen LogP contribution >= 0.6 is 0 Å².